The van der Waals surface area contributed by atoms with Crippen molar-refractivity contribution in [2.45, 2.75) is 20.8 Å². The summed E-state index contributed by atoms with van der Waals surface area (Å²) in [5.41, 5.74) is 4.20. The van der Waals surface area contributed by atoms with E-state index in [0.717, 1.165) is 27.7 Å². The van der Waals surface area contributed by atoms with Gasteiger partial charge in [-0.3, -0.25) is 0 Å². The van der Waals surface area contributed by atoms with Crippen LogP contribution in [0.5, 0.6) is 0 Å². The number of carboxylic acids is 1. The highest BCUT2D eigenvalue weighted by molar-refractivity contribution is 6.03. The number of carbonyl (C=O) groups is 1. The fourth-order valence-electron chi connectivity index (χ4n) is 1.87. The third-order valence-corrected chi connectivity index (χ3v) is 2.79. The predicted molar refractivity (Wildman–Crippen MR) is 59.5 cm³/mol. The van der Waals surface area contributed by atoms with Crippen molar-refractivity contribution in [1.82, 2.24) is 4.98 Å². The van der Waals surface area contributed by atoms with Crippen LogP contribution in [-0.2, 0) is 0 Å². The Balaban J connectivity index is 2.92. The molecule has 0 saturated heterocycles. The van der Waals surface area contributed by atoms with Crippen LogP contribution in [-0.4, -0.2) is 16.1 Å². The van der Waals surface area contributed by atoms with E-state index in [4.69, 9.17) is 5.11 Å². The lowest BCUT2D eigenvalue weighted by atomic mass is 10.1. The predicted octanol–water partition coefficient (Wildman–Crippen LogP) is 2.79. The summed E-state index contributed by atoms with van der Waals surface area (Å²) in [7, 11) is 0. The molecule has 78 valence electrons. The van der Waals surface area contributed by atoms with Crippen molar-refractivity contribution in [2.24, 2.45) is 0 Å². The molecule has 0 fully saturated rings. The van der Waals surface area contributed by atoms with Crippen LogP contribution in [0.4, 0.5) is 0 Å². The number of nitrogens with one attached hydrogen (secondary N) is 1. The van der Waals surface area contributed by atoms with Crippen LogP contribution < -0.4 is 0 Å². The molecule has 2 N–H and O–H groups in total. The van der Waals surface area contributed by atoms with E-state index in [0.29, 0.717) is 5.56 Å². The second-order valence-corrected chi connectivity index (χ2v) is 3.92. The Kier molecular flexibility index (Phi) is 2.03. The highest BCUT2D eigenvalue weighted by atomic mass is 16.4. The molecule has 3 heteroatoms. The summed E-state index contributed by atoms with van der Waals surface area (Å²) in [5, 5.41) is 10.1. The zero-order valence-corrected chi connectivity index (χ0v) is 9.01. The average Bonchev–Trinajstić information content (AvgIpc) is 2.43. The Morgan fingerprint density at radius 3 is 2.53 bits per heavy atom. The maximum absolute atomic E-state index is 11.1. The van der Waals surface area contributed by atoms with E-state index in [1.54, 1.807) is 6.07 Å². The highest BCUT2D eigenvalue weighted by Gasteiger charge is 2.13. The maximum atomic E-state index is 11.1. The van der Waals surface area contributed by atoms with E-state index in [-0.39, 0.29) is 0 Å². The SMILES string of the molecule is Cc1cc(C(=O)O)c2[nH]c(C)c(C)c2c1. The van der Waals surface area contributed by atoms with E-state index in [9.17, 15) is 4.79 Å². The molecule has 15 heavy (non-hydrogen) atoms. The van der Waals surface area contributed by atoms with Gasteiger partial charge >= 0.3 is 5.97 Å². The lowest BCUT2D eigenvalue weighted by Crippen LogP contribution is -1.98. The van der Waals surface area contributed by atoms with Gasteiger partial charge in [0.15, 0.2) is 0 Å². The van der Waals surface area contributed by atoms with Gasteiger partial charge in [-0.05, 0) is 44.0 Å². The molecule has 0 aliphatic rings. The van der Waals surface area contributed by atoms with E-state index in [1.807, 2.05) is 26.8 Å². The standard InChI is InChI=1S/C12H13NO2/c1-6-4-9-7(2)8(3)13-11(9)10(5-6)12(14)15/h4-5,13H,1-3H3,(H,14,15). The molecule has 1 aromatic carbocycles. The van der Waals surface area contributed by atoms with Crippen molar-refractivity contribution in [3.63, 3.8) is 0 Å². The molecule has 2 aromatic rings. The minimum atomic E-state index is -0.884. The fourth-order valence-corrected chi connectivity index (χ4v) is 1.87. The van der Waals surface area contributed by atoms with Gasteiger partial charge in [0.1, 0.15) is 0 Å². The summed E-state index contributed by atoms with van der Waals surface area (Å²) in [6, 6.07) is 3.71. The Labute approximate surface area is 87.7 Å². The minimum Gasteiger partial charge on any atom is -0.478 e. The monoisotopic (exact) mass is 203 g/mol. The van der Waals surface area contributed by atoms with Crippen molar-refractivity contribution in [3.8, 4) is 0 Å². The number of benzene rings is 1. The van der Waals surface area contributed by atoms with E-state index < -0.39 is 5.97 Å². The molecular formula is C12H13NO2. The molecule has 0 amide bonds. The molecule has 1 aromatic heterocycles. The number of hydrogen-bond acceptors (Lipinski definition) is 1. The number of H-pyrrole nitrogens is 1. The molecule has 3 nitrogen and oxygen atoms in total. The topological polar surface area (TPSA) is 53.1 Å². The Morgan fingerprint density at radius 1 is 1.27 bits per heavy atom. The molecule has 0 spiro atoms. The molecule has 0 aliphatic heterocycles. The van der Waals surface area contributed by atoms with Crippen LogP contribution in [0.1, 0.15) is 27.2 Å². The molecule has 0 radical (unpaired) electrons. The van der Waals surface area contributed by atoms with Crippen LogP contribution in [0, 0.1) is 20.8 Å². The lowest BCUT2D eigenvalue weighted by Gasteiger charge is -2.00. The molecule has 1 heterocycles. The number of aromatic amines is 1. The second kappa shape index (κ2) is 3.12. The summed E-state index contributed by atoms with van der Waals surface area (Å²) in [5.74, 6) is -0.884. The van der Waals surface area contributed by atoms with E-state index >= 15 is 0 Å². The van der Waals surface area contributed by atoms with E-state index in [2.05, 4.69) is 4.98 Å². The number of carboxylic acid groups (broad SMARTS) is 1. The summed E-state index contributed by atoms with van der Waals surface area (Å²) in [6.45, 7) is 5.86. The molecule has 0 saturated carbocycles. The van der Waals surface area contributed by atoms with Gasteiger partial charge in [-0.25, -0.2) is 4.79 Å². The minimum absolute atomic E-state index is 0.348. The van der Waals surface area contributed by atoms with Crippen molar-refractivity contribution in [1.29, 1.82) is 0 Å². The van der Waals surface area contributed by atoms with Gasteiger partial charge in [-0.15, -0.1) is 0 Å². The third-order valence-electron chi connectivity index (χ3n) is 2.79. The van der Waals surface area contributed by atoms with Crippen LogP contribution in [0.15, 0.2) is 12.1 Å². The Bertz CT molecular complexity index is 552. The summed E-state index contributed by atoms with van der Waals surface area (Å²) >= 11 is 0. The van der Waals surface area contributed by atoms with Crippen molar-refractivity contribution in [2.75, 3.05) is 0 Å². The van der Waals surface area contributed by atoms with Gasteiger partial charge in [0.2, 0.25) is 0 Å². The van der Waals surface area contributed by atoms with Gasteiger partial charge in [0, 0.05) is 11.1 Å². The molecule has 0 unspecified atom stereocenters. The number of fused-ring (bicyclic) bond motifs is 1. The smallest absolute Gasteiger partial charge is 0.337 e. The molecule has 0 aliphatic carbocycles. The van der Waals surface area contributed by atoms with Gasteiger partial charge in [0.25, 0.3) is 0 Å². The molecule has 0 atom stereocenters. The number of aryl methyl sites for hydroxylation is 3. The van der Waals surface area contributed by atoms with Gasteiger partial charge in [-0.2, -0.15) is 0 Å². The van der Waals surface area contributed by atoms with Gasteiger partial charge in [0.05, 0.1) is 11.1 Å². The lowest BCUT2D eigenvalue weighted by molar-refractivity contribution is 0.0699. The number of aromatic carboxylic acids is 1. The van der Waals surface area contributed by atoms with Crippen LogP contribution >= 0.6 is 0 Å². The van der Waals surface area contributed by atoms with Crippen molar-refractivity contribution < 1.29 is 9.90 Å². The maximum Gasteiger partial charge on any atom is 0.337 e. The molecule has 2 rings (SSSR count). The van der Waals surface area contributed by atoms with Crippen LogP contribution in [0.25, 0.3) is 10.9 Å². The van der Waals surface area contributed by atoms with Gasteiger partial charge < -0.3 is 10.1 Å². The summed E-state index contributed by atoms with van der Waals surface area (Å²) in [4.78, 5) is 14.2. The number of hydrogen-bond donors (Lipinski definition) is 2. The normalized spacial score (nSPS) is 10.9. The molecule has 0 bridgehead atoms. The van der Waals surface area contributed by atoms with E-state index in [1.165, 1.54) is 0 Å². The number of aromatic nitrogens is 1. The average molecular weight is 203 g/mol. The van der Waals surface area contributed by atoms with Gasteiger partial charge in [-0.1, -0.05) is 0 Å². The Morgan fingerprint density at radius 2 is 1.93 bits per heavy atom. The largest absolute Gasteiger partial charge is 0.478 e. The van der Waals surface area contributed by atoms with Crippen molar-refractivity contribution in [3.05, 3.63) is 34.5 Å². The highest BCUT2D eigenvalue weighted by Crippen LogP contribution is 2.25. The first-order valence-corrected chi connectivity index (χ1v) is 4.83. The first-order chi connectivity index (χ1) is 7.00. The first-order valence-electron chi connectivity index (χ1n) is 4.83. The van der Waals surface area contributed by atoms with Crippen molar-refractivity contribution >= 4 is 16.9 Å². The van der Waals surface area contributed by atoms with Crippen LogP contribution in [0.2, 0.25) is 0 Å². The zero-order valence-electron chi connectivity index (χ0n) is 9.01. The quantitative estimate of drug-likeness (QED) is 0.748. The Hall–Kier alpha value is -1.77. The third kappa shape index (κ3) is 1.40. The molecular weight excluding hydrogens is 190 g/mol. The van der Waals surface area contributed by atoms with Crippen LogP contribution in [0.3, 0.4) is 0 Å². The summed E-state index contributed by atoms with van der Waals surface area (Å²) in [6.07, 6.45) is 0. The first kappa shape index (κ1) is 9.77. The zero-order chi connectivity index (χ0) is 11.2. The fraction of sp³-hybridized carbons (Fsp3) is 0.250. The summed E-state index contributed by atoms with van der Waals surface area (Å²) < 4.78 is 0. The second-order valence-electron chi connectivity index (χ2n) is 3.92. The number of rotatable bonds is 1.